The third-order valence-electron chi connectivity index (χ3n) is 1.69. The number of rotatable bonds is 3. The van der Waals surface area contributed by atoms with Crippen molar-refractivity contribution >= 4 is 17.6 Å². The number of ether oxygens (including phenoxy) is 1. The van der Waals surface area contributed by atoms with Crippen molar-refractivity contribution in [2.75, 3.05) is 6.61 Å². The van der Waals surface area contributed by atoms with Crippen molar-refractivity contribution in [1.82, 2.24) is 0 Å². The molecule has 0 aliphatic rings. The van der Waals surface area contributed by atoms with E-state index < -0.39 is 11.8 Å². The van der Waals surface area contributed by atoms with E-state index in [-0.39, 0.29) is 23.6 Å². The molecule has 0 amide bonds. The highest BCUT2D eigenvalue weighted by Gasteiger charge is 2.11. The fourth-order valence-electron chi connectivity index (χ4n) is 1.06. The highest BCUT2D eigenvalue weighted by atomic mass is 35.5. The minimum Gasteiger partial charge on any atom is -0.466 e. The van der Waals surface area contributed by atoms with Gasteiger partial charge in [-0.15, -0.1) is 0 Å². The Bertz CT molecular complexity index is 319. The molecule has 14 heavy (non-hydrogen) atoms. The first-order chi connectivity index (χ1) is 6.65. The van der Waals surface area contributed by atoms with Gasteiger partial charge < -0.3 is 4.74 Å². The van der Waals surface area contributed by atoms with Gasteiger partial charge in [0.05, 0.1) is 13.0 Å². The number of benzene rings is 1. The van der Waals surface area contributed by atoms with Crippen molar-refractivity contribution in [3.05, 3.63) is 34.6 Å². The quantitative estimate of drug-likeness (QED) is 0.726. The summed E-state index contributed by atoms with van der Waals surface area (Å²) in [6.07, 6.45) is -0.126. The van der Waals surface area contributed by atoms with Gasteiger partial charge in [0.2, 0.25) is 0 Å². The lowest BCUT2D eigenvalue weighted by molar-refractivity contribution is -0.142. The number of carbonyl (C=O) groups excluding carboxylic acids is 1. The van der Waals surface area contributed by atoms with E-state index in [0.717, 1.165) is 0 Å². The summed E-state index contributed by atoms with van der Waals surface area (Å²) in [4.78, 5) is 11.1. The summed E-state index contributed by atoms with van der Waals surface area (Å²) in [5.41, 5.74) is 0.188. The van der Waals surface area contributed by atoms with E-state index in [1.54, 1.807) is 13.0 Å². The SMILES string of the molecule is CCOC(=O)Cc1c(F)cccc1Cl. The fourth-order valence-corrected chi connectivity index (χ4v) is 1.29. The third-order valence-corrected chi connectivity index (χ3v) is 2.04. The van der Waals surface area contributed by atoms with E-state index in [1.807, 2.05) is 0 Å². The van der Waals surface area contributed by atoms with Crippen LogP contribution in [0.2, 0.25) is 5.02 Å². The zero-order chi connectivity index (χ0) is 10.6. The summed E-state index contributed by atoms with van der Waals surface area (Å²) in [7, 11) is 0. The number of carbonyl (C=O) groups is 1. The monoisotopic (exact) mass is 216 g/mol. The Kier molecular flexibility index (Phi) is 3.89. The summed E-state index contributed by atoms with van der Waals surface area (Å²) >= 11 is 5.73. The molecule has 0 saturated carbocycles. The zero-order valence-electron chi connectivity index (χ0n) is 7.72. The number of hydrogen-bond donors (Lipinski definition) is 0. The van der Waals surface area contributed by atoms with Crippen LogP contribution < -0.4 is 0 Å². The van der Waals surface area contributed by atoms with Crippen LogP contribution >= 0.6 is 11.6 Å². The van der Waals surface area contributed by atoms with Gasteiger partial charge in [0, 0.05) is 10.6 Å². The van der Waals surface area contributed by atoms with Crippen LogP contribution in [0, 0.1) is 5.82 Å². The van der Waals surface area contributed by atoms with Gasteiger partial charge in [-0.2, -0.15) is 0 Å². The van der Waals surface area contributed by atoms with Crippen LogP contribution in [-0.2, 0) is 16.0 Å². The Morgan fingerprint density at radius 2 is 2.29 bits per heavy atom. The molecule has 0 aromatic heterocycles. The number of hydrogen-bond acceptors (Lipinski definition) is 2. The molecule has 2 nitrogen and oxygen atoms in total. The summed E-state index contributed by atoms with van der Waals surface area (Å²) in [6.45, 7) is 1.98. The van der Waals surface area contributed by atoms with Crippen molar-refractivity contribution in [2.45, 2.75) is 13.3 Å². The second kappa shape index (κ2) is 4.96. The average Bonchev–Trinajstić information content (AvgIpc) is 2.12. The largest absolute Gasteiger partial charge is 0.466 e. The Labute approximate surface area is 86.6 Å². The maximum atomic E-state index is 13.2. The van der Waals surface area contributed by atoms with Crippen molar-refractivity contribution in [3.8, 4) is 0 Å². The predicted molar refractivity (Wildman–Crippen MR) is 51.7 cm³/mol. The first-order valence-corrected chi connectivity index (χ1v) is 4.61. The topological polar surface area (TPSA) is 26.3 Å². The van der Waals surface area contributed by atoms with Crippen molar-refractivity contribution in [1.29, 1.82) is 0 Å². The van der Waals surface area contributed by atoms with Gasteiger partial charge in [-0.25, -0.2) is 4.39 Å². The molecule has 1 aromatic carbocycles. The standard InChI is InChI=1S/C10H10ClFO2/c1-2-14-10(13)6-7-8(11)4-3-5-9(7)12/h3-5H,2,6H2,1H3. The van der Waals surface area contributed by atoms with Crippen LogP contribution in [0.5, 0.6) is 0 Å². The molecule has 0 unspecified atom stereocenters. The van der Waals surface area contributed by atoms with Crippen LogP contribution in [-0.4, -0.2) is 12.6 Å². The summed E-state index contributed by atoms with van der Waals surface area (Å²) < 4.78 is 17.9. The fraction of sp³-hybridized carbons (Fsp3) is 0.300. The Hall–Kier alpha value is -1.09. The summed E-state index contributed by atoms with van der Waals surface area (Å²) in [6, 6.07) is 4.30. The van der Waals surface area contributed by atoms with Gasteiger partial charge in [0.1, 0.15) is 5.82 Å². The van der Waals surface area contributed by atoms with E-state index in [4.69, 9.17) is 16.3 Å². The molecule has 0 heterocycles. The van der Waals surface area contributed by atoms with E-state index in [2.05, 4.69) is 0 Å². The molecule has 4 heteroatoms. The molecular weight excluding hydrogens is 207 g/mol. The molecule has 76 valence electrons. The predicted octanol–water partition coefficient (Wildman–Crippen LogP) is 2.58. The molecular formula is C10H10ClFO2. The first-order valence-electron chi connectivity index (χ1n) is 4.23. The minimum atomic E-state index is -0.481. The lowest BCUT2D eigenvalue weighted by Crippen LogP contribution is -2.09. The maximum Gasteiger partial charge on any atom is 0.310 e. The second-order valence-corrected chi connectivity index (χ2v) is 3.09. The van der Waals surface area contributed by atoms with Gasteiger partial charge in [-0.3, -0.25) is 4.79 Å². The lowest BCUT2D eigenvalue weighted by atomic mass is 10.1. The third kappa shape index (κ3) is 2.70. The molecule has 0 fully saturated rings. The van der Waals surface area contributed by atoms with Crippen molar-refractivity contribution in [2.24, 2.45) is 0 Å². The Morgan fingerprint density at radius 3 is 2.86 bits per heavy atom. The molecule has 0 atom stereocenters. The van der Waals surface area contributed by atoms with Crippen LogP contribution in [0.25, 0.3) is 0 Å². The second-order valence-electron chi connectivity index (χ2n) is 2.68. The number of halogens is 2. The zero-order valence-corrected chi connectivity index (χ0v) is 8.47. The number of esters is 1. The molecule has 1 rings (SSSR count). The average molecular weight is 217 g/mol. The van der Waals surface area contributed by atoms with E-state index in [1.165, 1.54) is 12.1 Å². The van der Waals surface area contributed by atoms with Gasteiger partial charge in [0.25, 0.3) is 0 Å². The van der Waals surface area contributed by atoms with Gasteiger partial charge in [0.15, 0.2) is 0 Å². The van der Waals surface area contributed by atoms with Crippen LogP contribution in [0.4, 0.5) is 4.39 Å². The molecule has 0 N–H and O–H groups in total. The van der Waals surface area contributed by atoms with Crippen LogP contribution in [0.3, 0.4) is 0 Å². The molecule has 0 spiro atoms. The Morgan fingerprint density at radius 1 is 1.57 bits per heavy atom. The normalized spacial score (nSPS) is 9.93. The van der Waals surface area contributed by atoms with Crippen LogP contribution in [0.15, 0.2) is 18.2 Å². The maximum absolute atomic E-state index is 13.2. The summed E-state index contributed by atoms with van der Waals surface area (Å²) in [5.74, 6) is -0.954. The highest BCUT2D eigenvalue weighted by molar-refractivity contribution is 6.31. The molecule has 0 radical (unpaired) electrons. The highest BCUT2D eigenvalue weighted by Crippen LogP contribution is 2.19. The first kappa shape index (κ1) is 11.0. The molecule has 1 aromatic rings. The van der Waals surface area contributed by atoms with E-state index in [9.17, 15) is 9.18 Å². The Balaban J connectivity index is 2.80. The smallest absolute Gasteiger partial charge is 0.310 e. The molecule has 0 saturated heterocycles. The van der Waals surface area contributed by atoms with Gasteiger partial charge in [-0.1, -0.05) is 17.7 Å². The molecule has 0 aliphatic carbocycles. The van der Waals surface area contributed by atoms with Gasteiger partial charge >= 0.3 is 5.97 Å². The molecule has 0 aliphatic heterocycles. The van der Waals surface area contributed by atoms with Crippen LogP contribution in [0.1, 0.15) is 12.5 Å². The van der Waals surface area contributed by atoms with E-state index >= 15 is 0 Å². The minimum absolute atomic E-state index is 0.126. The van der Waals surface area contributed by atoms with Crippen molar-refractivity contribution in [3.63, 3.8) is 0 Å². The van der Waals surface area contributed by atoms with Crippen molar-refractivity contribution < 1.29 is 13.9 Å². The summed E-state index contributed by atoms with van der Waals surface area (Å²) in [5, 5.41) is 0.248. The van der Waals surface area contributed by atoms with E-state index in [0.29, 0.717) is 0 Å². The van der Waals surface area contributed by atoms with Gasteiger partial charge in [-0.05, 0) is 19.1 Å². The molecule has 0 bridgehead atoms. The lowest BCUT2D eigenvalue weighted by Gasteiger charge is -2.04.